The SMILES string of the molecule is CN(Cc1ccsc1)c1csc(C(=O)O)c1. The van der Waals surface area contributed by atoms with Crippen LogP contribution < -0.4 is 4.90 Å². The normalized spacial score (nSPS) is 10.3. The second-order valence-electron chi connectivity index (χ2n) is 3.46. The Labute approximate surface area is 102 Å². The lowest BCUT2D eigenvalue weighted by Gasteiger charge is -2.16. The van der Waals surface area contributed by atoms with E-state index in [2.05, 4.69) is 11.4 Å². The Kier molecular flexibility index (Phi) is 3.26. The molecule has 2 aromatic rings. The molecule has 0 aliphatic carbocycles. The molecule has 0 saturated heterocycles. The van der Waals surface area contributed by atoms with Crippen LogP contribution >= 0.6 is 22.7 Å². The lowest BCUT2D eigenvalue weighted by molar-refractivity contribution is 0.0702. The van der Waals surface area contributed by atoms with Crippen molar-refractivity contribution in [1.29, 1.82) is 0 Å². The van der Waals surface area contributed by atoms with Gasteiger partial charge in [-0.25, -0.2) is 4.79 Å². The van der Waals surface area contributed by atoms with Crippen LogP contribution in [0.5, 0.6) is 0 Å². The van der Waals surface area contributed by atoms with E-state index < -0.39 is 5.97 Å². The Morgan fingerprint density at radius 2 is 2.31 bits per heavy atom. The number of hydrogen-bond acceptors (Lipinski definition) is 4. The van der Waals surface area contributed by atoms with Gasteiger partial charge in [-0.2, -0.15) is 11.3 Å². The van der Waals surface area contributed by atoms with Crippen LogP contribution in [-0.4, -0.2) is 18.1 Å². The number of rotatable bonds is 4. The predicted molar refractivity (Wildman–Crippen MR) is 67.7 cm³/mol. The molecule has 16 heavy (non-hydrogen) atoms. The fourth-order valence-electron chi connectivity index (χ4n) is 1.39. The molecular weight excluding hydrogens is 242 g/mol. The number of thiophene rings is 2. The van der Waals surface area contributed by atoms with Gasteiger partial charge in [0, 0.05) is 24.7 Å². The average Bonchev–Trinajstić information content (AvgIpc) is 2.86. The standard InChI is InChI=1S/C11H11NO2S2/c1-12(5-8-2-3-15-6-8)9-4-10(11(13)14)16-7-9/h2-4,6-7H,5H2,1H3,(H,13,14). The van der Waals surface area contributed by atoms with Crippen LogP contribution in [0.4, 0.5) is 5.69 Å². The molecule has 0 fully saturated rings. The molecule has 0 aromatic carbocycles. The molecule has 0 saturated carbocycles. The minimum absolute atomic E-state index is 0.382. The molecule has 0 atom stereocenters. The van der Waals surface area contributed by atoms with E-state index in [1.54, 1.807) is 17.4 Å². The van der Waals surface area contributed by atoms with Crippen LogP contribution in [0.2, 0.25) is 0 Å². The van der Waals surface area contributed by atoms with Crippen LogP contribution in [0, 0.1) is 0 Å². The lowest BCUT2D eigenvalue weighted by Crippen LogP contribution is -2.14. The average molecular weight is 253 g/mol. The maximum Gasteiger partial charge on any atom is 0.345 e. The Morgan fingerprint density at radius 3 is 2.88 bits per heavy atom. The van der Waals surface area contributed by atoms with Gasteiger partial charge in [0.1, 0.15) is 4.88 Å². The number of carbonyl (C=O) groups is 1. The number of anilines is 1. The fraction of sp³-hybridized carbons (Fsp3) is 0.182. The summed E-state index contributed by atoms with van der Waals surface area (Å²) in [5, 5.41) is 14.8. The summed E-state index contributed by atoms with van der Waals surface area (Å²) in [4.78, 5) is 13.2. The summed E-state index contributed by atoms with van der Waals surface area (Å²) >= 11 is 2.93. The summed E-state index contributed by atoms with van der Waals surface area (Å²) in [5.74, 6) is -0.861. The third-order valence-electron chi connectivity index (χ3n) is 2.24. The number of hydrogen-bond donors (Lipinski definition) is 1. The van der Waals surface area contributed by atoms with Crippen molar-refractivity contribution in [1.82, 2.24) is 0 Å². The van der Waals surface area contributed by atoms with E-state index in [4.69, 9.17) is 5.11 Å². The van der Waals surface area contributed by atoms with Crippen molar-refractivity contribution in [2.45, 2.75) is 6.54 Å². The number of nitrogens with zero attached hydrogens (tertiary/aromatic N) is 1. The van der Waals surface area contributed by atoms with Gasteiger partial charge in [0.05, 0.1) is 0 Å². The van der Waals surface area contributed by atoms with E-state index in [-0.39, 0.29) is 0 Å². The molecule has 2 aromatic heterocycles. The molecule has 0 bridgehead atoms. The van der Waals surface area contributed by atoms with Crippen LogP contribution in [0.1, 0.15) is 15.2 Å². The second kappa shape index (κ2) is 4.67. The largest absolute Gasteiger partial charge is 0.477 e. The maximum atomic E-state index is 10.7. The molecule has 84 valence electrons. The molecule has 0 aliphatic heterocycles. The molecule has 0 amide bonds. The number of carboxylic acid groups (broad SMARTS) is 1. The third kappa shape index (κ3) is 2.43. The van der Waals surface area contributed by atoms with Gasteiger partial charge in [0.15, 0.2) is 0 Å². The second-order valence-corrected chi connectivity index (χ2v) is 5.15. The van der Waals surface area contributed by atoms with Crippen molar-refractivity contribution in [3.05, 3.63) is 38.7 Å². The Hall–Kier alpha value is -1.33. The van der Waals surface area contributed by atoms with Gasteiger partial charge in [-0.1, -0.05) is 0 Å². The zero-order valence-electron chi connectivity index (χ0n) is 8.71. The minimum atomic E-state index is -0.861. The monoisotopic (exact) mass is 253 g/mol. The number of aromatic carboxylic acids is 1. The van der Waals surface area contributed by atoms with Crippen molar-refractivity contribution in [3.8, 4) is 0 Å². The first-order valence-electron chi connectivity index (χ1n) is 4.71. The molecule has 0 spiro atoms. The molecule has 0 aliphatic rings. The fourth-order valence-corrected chi connectivity index (χ4v) is 2.83. The highest BCUT2D eigenvalue weighted by molar-refractivity contribution is 7.12. The van der Waals surface area contributed by atoms with E-state index in [9.17, 15) is 4.79 Å². The maximum absolute atomic E-state index is 10.7. The van der Waals surface area contributed by atoms with Gasteiger partial charge in [-0.05, 0) is 28.5 Å². The van der Waals surface area contributed by atoms with Crippen LogP contribution in [0.3, 0.4) is 0 Å². The van der Waals surface area contributed by atoms with Gasteiger partial charge in [0.2, 0.25) is 0 Å². The van der Waals surface area contributed by atoms with E-state index in [1.165, 1.54) is 16.9 Å². The summed E-state index contributed by atoms with van der Waals surface area (Å²) in [7, 11) is 1.96. The molecule has 2 rings (SSSR count). The van der Waals surface area contributed by atoms with E-state index in [0.29, 0.717) is 4.88 Å². The molecule has 3 nitrogen and oxygen atoms in total. The predicted octanol–water partition coefficient (Wildman–Crippen LogP) is 3.14. The molecule has 0 radical (unpaired) electrons. The Bertz CT molecular complexity index is 476. The van der Waals surface area contributed by atoms with Gasteiger partial charge in [0.25, 0.3) is 0 Å². The van der Waals surface area contributed by atoms with Crippen molar-refractivity contribution in [3.63, 3.8) is 0 Å². The molecule has 0 unspecified atom stereocenters. The van der Waals surface area contributed by atoms with E-state index >= 15 is 0 Å². The lowest BCUT2D eigenvalue weighted by atomic mass is 10.3. The topological polar surface area (TPSA) is 40.5 Å². The molecular formula is C11H11NO2S2. The van der Waals surface area contributed by atoms with Crippen LogP contribution in [0.15, 0.2) is 28.3 Å². The third-order valence-corrected chi connectivity index (χ3v) is 3.87. The highest BCUT2D eigenvalue weighted by atomic mass is 32.1. The van der Waals surface area contributed by atoms with E-state index in [1.807, 2.05) is 22.7 Å². The van der Waals surface area contributed by atoms with Crippen LogP contribution in [0.25, 0.3) is 0 Å². The van der Waals surface area contributed by atoms with Gasteiger partial charge >= 0.3 is 5.97 Å². The first kappa shape index (κ1) is 11.2. The first-order valence-corrected chi connectivity index (χ1v) is 6.53. The highest BCUT2D eigenvalue weighted by Gasteiger charge is 2.09. The molecule has 5 heteroatoms. The van der Waals surface area contributed by atoms with Crippen molar-refractivity contribution >= 4 is 34.3 Å². The minimum Gasteiger partial charge on any atom is -0.477 e. The van der Waals surface area contributed by atoms with Crippen LogP contribution in [-0.2, 0) is 6.54 Å². The summed E-state index contributed by atoms with van der Waals surface area (Å²) < 4.78 is 0. The summed E-state index contributed by atoms with van der Waals surface area (Å²) in [6, 6.07) is 3.78. The summed E-state index contributed by atoms with van der Waals surface area (Å²) in [6.07, 6.45) is 0. The highest BCUT2D eigenvalue weighted by Crippen LogP contribution is 2.24. The first-order chi connectivity index (χ1) is 7.66. The molecule has 2 heterocycles. The quantitative estimate of drug-likeness (QED) is 0.910. The Balaban J connectivity index is 2.08. The zero-order chi connectivity index (χ0) is 11.5. The smallest absolute Gasteiger partial charge is 0.345 e. The Morgan fingerprint density at radius 1 is 1.50 bits per heavy atom. The van der Waals surface area contributed by atoms with Gasteiger partial charge < -0.3 is 10.0 Å². The van der Waals surface area contributed by atoms with Crippen molar-refractivity contribution in [2.24, 2.45) is 0 Å². The van der Waals surface area contributed by atoms with Crippen molar-refractivity contribution < 1.29 is 9.90 Å². The summed E-state index contributed by atoms with van der Waals surface area (Å²) in [6.45, 7) is 0.805. The summed E-state index contributed by atoms with van der Waals surface area (Å²) in [5.41, 5.74) is 2.20. The zero-order valence-corrected chi connectivity index (χ0v) is 10.3. The number of carboxylic acids is 1. The van der Waals surface area contributed by atoms with Gasteiger partial charge in [-0.3, -0.25) is 0 Å². The molecule has 1 N–H and O–H groups in total. The van der Waals surface area contributed by atoms with E-state index in [0.717, 1.165) is 12.2 Å². The van der Waals surface area contributed by atoms with Gasteiger partial charge in [-0.15, -0.1) is 11.3 Å². The van der Waals surface area contributed by atoms with Crippen molar-refractivity contribution in [2.75, 3.05) is 11.9 Å².